The summed E-state index contributed by atoms with van der Waals surface area (Å²) < 4.78 is 8.47. The van der Waals surface area contributed by atoms with Crippen LogP contribution in [0.2, 0.25) is 0 Å². The summed E-state index contributed by atoms with van der Waals surface area (Å²) >= 11 is 0. The average Bonchev–Trinajstić information content (AvgIpc) is 2.08. The van der Waals surface area contributed by atoms with Gasteiger partial charge in [0.2, 0.25) is 6.10 Å². The Morgan fingerprint density at radius 3 is 2.31 bits per heavy atom. The molecule has 7 heteroatoms. The number of carbonyl (C=O) groups excluding carboxylic acids is 2. The Bertz CT molecular complexity index is 258. The molecule has 0 radical (unpaired) electrons. The number of carboxylic acids is 1. The molecule has 2 N–H and O–H groups in total. The average molecular weight is 190 g/mol. The van der Waals surface area contributed by atoms with Crippen molar-refractivity contribution in [1.82, 2.24) is 0 Å². The lowest BCUT2D eigenvalue weighted by Gasteiger charge is -2.25. The highest BCUT2D eigenvalue weighted by Gasteiger charge is 2.42. The topological polar surface area (TPSA) is 110 Å². The minimum absolute atomic E-state index is 0.712. The summed E-state index contributed by atoms with van der Waals surface area (Å²) in [5.41, 5.74) is 0. The Balaban J connectivity index is 2.77. The van der Waals surface area contributed by atoms with Crippen LogP contribution in [-0.4, -0.2) is 46.9 Å². The van der Waals surface area contributed by atoms with Gasteiger partial charge in [0.15, 0.2) is 6.10 Å². The van der Waals surface area contributed by atoms with Gasteiger partial charge in [0, 0.05) is 0 Å². The molecule has 0 aromatic rings. The summed E-state index contributed by atoms with van der Waals surface area (Å²) in [7, 11) is 0. The third-order valence-electron chi connectivity index (χ3n) is 1.42. The molecule has 1 rings (SSSR count). The number of carboxylic acid groups (broad SMARTS) is 1. The van der Waals surface area contributed by atoms with E-state index in [1.165, 1.54) is 0 Å². The van der Waals surface area contributed by atoms with Gasteiger partial charge in [-0.1, -0.05) is 0 Å². The molecule has 13 heavy (non-hydrogen) atoms. The Hall–Kier alpha value is -1.63. The minimum Gasteiger partial charge on any atom is -0.478 e. The molecule has 2 unspecified atom stereocenters. The highest BCUT2D eigenvalue weighted by molar-refractivity contribution is 6.30. The van der Waals surface area contributed by atoms with Gasteiger partial charge < -0.3 is 19.7 Å². The first kappa shape index (κ1) is 9.46. The van der Waals surface area contributed by atoms with Gasteiger partial charge in [0.05, 0.1) is 6.61 Å². The molecule has 0 saturated carbocycles. The maximum Gasteiger partial charge on any atom is 0.418 e. The first-order chi connectivity index (χ1) is 6.06. The standard InChI is InChI=1S/C6H6O7/c7-1-2-3(4(8)9)13-6(11)5(10)12-2/h2-3,7H,1H2,(H,8,9). The highest BCUT2D eigenvalue weighted by atomic mass is 16.7. The number of aliphatic carboxylic acids is 1. The van der Waals surface area contributed by atoms with Gasteiger partial charge in [-0.15, -0.1) is 0 Å². The lowest BCUT2D eigenvalue weighted by Crippen LogP contribution is -2.50. The van der Waals surface area contributed by atoms with E-state index in [0.717, 1.165) is 0 Å². The number of hydrogen-bond acceptors (Lipinski definition) is 6. The maximum atomic E-state index is 10.5. The van der Waals surface area contributed by atoms with Crippen molar-refractivity contribution in [2.45, 2.75) is 12.2 Å². The third-order valence-corrected chi connectivity index (χ3v) is 1.42. The van der Waals surface area contributed by atoms with Crippen molar-refractivity contribution in [2.75, 3.05) is 6.61 Å². The molecular weight excluding hydrogens is 184 g/mol. The highest BCUT2D eigenvalue weighted by Crippen LogP contribution is 2.11. The van der Waals surface area contributed by atoms with Crippen LogP contribution in [0.15, 0.2) is 0 Å². The van der Waals surface area contributed by atoms with Gasteiger partial charge in [0.1, 0.15) is 0 Å². The van der Waals surface area contributed by atoms with Crippen LogP contribution in [0.1, 0.15) is 0 Å². The number of rotatable bonds is 2. The lowest BCUT2D eigenvalue weighted by molar-refractivity contribution is -0.203. The molecule has 2 atom stereocenters. The second-order valence-electron chi connectivity index (χ2n) is 2.29. The number of cyclic esters (lactones) is 2. The molecule has 1 saturated heterocycles. The van der Waals surface area contributed by atoms with E-state index in [1.807, 2.05) is 0 Å². The van der Waals surface area contributed by atoms with Gasteiger partial charge >= 0.3 is 17.9 Å². The fourth-order valence-electron chi connectivity index (χ4n) is 0.829. The summed E-state index contributed by atoms with van der Waals surface area (Å²) in [6.07, 6.45) is -2.96. The molecule has 0 bridgehead atoms. The van der Waals surface area contributed by atoms with Gasteiger partial charge in [-0.2, -0.15) is 0 Å². The van der Waals surface area contributed by atoms with E-state index < -0.39 is 36.7 Å². The van der Waals surface area contributed by atoms with Crippen molar-refractivity contribution in [2.24, 2.45) is 0 Å². The number of aliphatic hydroxyl groups is 1. The molecule has 0 aromatic carbocycles. The first-order valence-electron chi connectivity index (χ1n) is 3.31. The van der Waals surface area contributed by atoms with Crippen molar-refractivity contribution in [1.29, 1.82) is 0 Å². The van der Waals surface area contributed by atoms with Gasteiger partial charge in [-0.3, -0.25) is 0 Å². The van der Waals surface area contributed by atoms with E-state index in [2.05, 4.69) is 9.47 Å². The van der Waals surface area contributed by atoms with Crippen LogP contribution < -0.4 is 0 Å². The zero-order valence-corrected chi connectivity index (χ0v) is 6.30. The lowest BCUT2D eigenvalue weighted by atomic mass is 10.2. The Morgan fingerprint density at radius 1 is 1.31 bits per heavy atom. The second kappa shape index (κ2) is 3.40. The van der Waals surface area contributed by atoms with Crippen LogP contribution in [0.4, 0.5) is 0 Å². The monoisotopic (exact) mass is 190 g/mol. The minimum atomic E-state index is -1.63. The summed E-state index contributed by atoms with van der Waals surface area (Å²) in [5, 5.41) is 17.0. The number of esters is 2. The summed E-state index contributed by atoms with van der Waals surface area (Å²) in [4.78, 5) is 31.5. The van der Waals surface area contributed by atoms with E-state index in [4.69, 9.17) is 10.2 Å². The molecule has 1 fully saturated rings. The van der Waals surface area contributed by atoms with Crippen LogP contribution in [-0.2, 0) is 23.9 Å². The zero-order chi connectivity index (χ0) is 10.0. The molecule has 0 spiro atoms. The fraction of sp³-hybridized carbons (Fsp3) is 0.500. The van der Waals surface area contributed by atoms with E-state index in [-0.39, 0.29) is 0 Å². The number of aliphatic hydroxyl groups excluding tert-OH is 1. The summed E-state index contributed by atoms with van der Waals surface area (Å²) in [5.74, 6) is -4.13. The molecule has 1 aliphatic rings. The molecule has 0 amide bonds. The first-order valence-corrected chi connectivity index (χ1v) is 3.31. The number of carbonyl (C=O) groups is 3. The predicted octanol–water partition coefficient (Wildman–Crippen LogP) is -2.10. The van der Waals surface area contributed by atoms with Crippen LogP contribution in [0.3, 0.4) is 0 Å². The van der Waals surface area contributed by atoms with Crippen molar-refractivity contribution >= 4 is 17.9 Å². The quantitative estimate of drug-likeness (QED) is 0.379. The molecule has 0 aromatic heterocycles. The maximum absolute atomic E-state index is 10.5. The molecule has 7 nitrogen and oxygen atoms in total. The normalized spacial score (nSPS) is 27.8. The van der Waals surface area contributed by atoms with Crippen LogP contribution in [0.25, 0.3) is 0 Å². The second-order valence-corrected chi connectivity index (χ2v) is 2.29. The number of ether oxygens (including phenoxy) is 2. The van der Waals surface area contributed by atoms with E-state index in [9.17, 15) is 14.4 Å². The summed E-state index contributed by atoms with van der Waals surface area (Å²) in [6.45, 7) is -0.712. The van der Waals surface area contributed by atoms with Gasteiger partial charge in [-0.05, 0) is 0 Å². The van der Waals surface area contributed by atoms with Crippen LogP contribution in [0.5, 0.6) is 0 Å². The van der Waals surface area contributed by atoms with Gasteiger partial charge in [-0.25, -0.2) is 14.4 Å². The van der Waals surface area contributed by atoms with Crippen LogP contribution in [0, 0.1) is 0 Å². The SMILES string of the molecule is O=C1OC(CO)C(C(=O)O)OC1=O. The van der Waals surface area contributed by atoms with Gasteiger partial charge in [0.25, 0.3) is 0 Å². The molecule has 1 aliphatic heterocycles. The zero-order valence-electron chi connectivity index (χ0n) is 6.30. The van der Waals surface area contributed by atoms with Crippen LogP contribution >= 0.6 is 0 Å². The summed E-state index contributed by atoms with van der Waals surface area (Å²) in [6, 6.07) is 0. The van der Waals surface area contributed by atoms with E-state index in [1.54, 1.807) is 0 Å². The Labute approximate surface area is 71.9 Å². The van der Waals surface area contributed by atoms with E-state index in [0.29, 0.717) is 0 Å². The Kier molecular flexibility index (Phi) is 2.47. The van der Waals surface area contributed by atoms with Crippen molar-refractivity contribution < 1.29 is 34.1 Å². The molecule has 72 valence electrons. The molecular formula is C6H6O7. The van der Waals surface area contributed by atoms with Crippen molar-refractivity contribution in [3.63, 3.8) is 0 Å². The van der Waals surface area contributed by atoms with E-state index >= 15 is 0 Å². The van der Waals surface area contributed by atoms with Crippen molar-refractivity contribution in [3.8, 4) is 0 Å². The predicted molar refractivity (Wildman–Crippen MR) is 34.5 cm³/mol. The molecule has 1 heterocycles. The molecule has 0 aliphatic carbocycles. The smallest absolute Gasteiger partial charge is 0.418 e. The Morgan fingerprint density at radius 2 is 1.85 bits per heavy atom. The largest absolute Gasteiger partial charge is 0.478 e. The van der Waals surface area contributed by atoms with Crippen molar-refractivity contribution in [3.05, 3.63) is 0 Å². The third kappa shape index (κ3) is 1.75. The fourth-order valence-corrected chi connectivity index (χ4v) is 0.829. The number of hydrogen-bond donors (Lipinski definition) is 2.